The van der Waals surface area contributed by atoms with Gasteiger partial charge >= 0.3 is 0 Å². The van der Waals surface area contributed by atoms with Gasteiger partial charge in [0.25, 0.3) is 0 Å². The molecule has 1 amide bonds. The molecule has 3 fully saturated rings. The van der Waals surface area contributed by atoms with Crippen LogP contribution in [-0.2, 0) is 9.53 Å². The number of ether oxygens (including phenoxy) is 1. The van der Waals surface area contributed by atoms with Crippen molar-refractivity contribution in [2.24, 2.45) is 5.92 Å². The second-order valence-electron chi connectivity index (χ2n) is 3.23. The van der Waals surface area contributed by atoms with Gasteiger partial charge in [-0.1, -0.05) is 0 Å². The molecular weight excluding hydrogens is 118 g/mol. The summed E-state index contributed by atoms with van der Waals surface area (Å²) in [5.74, 6) is 0.398. The van der Waals surface area contributed by atoms with Crippen LogP contribution in [0.25, 0.3) is 0 Å². The van der Waals surface area contributed by atoms with Crippen LogP contribution in [0.1, 0.15) is 6.92 Å². The van der Waals surface area contributed by atoms with Crippen molar-refractivity contribution in [3.63, 3.8) is 0 Å². The van der Waals surface area contributed by atoms with Gasteiger partial charge in [0, 0.05) is 0 Å². The number of hydrogen-bond acceptors (Lipinski definition) is 2. The Morgan fingerprint density at radius 3 is 3.00 bits per heavy atom. The SMILES string of the molecule is C[C@]12O[C@H]1[C@@H]1C(=O)N[C@@H]12. The predicted molar refractivity (Wildman–Crippen MR) is 28.7 cm³/mol. The largest absolute Gasteiger partial charge is 0.363 e. The van der Waals surface area contributed by atoms with Crippen LogP contribution in [0.2, 0.25) is 0 Å². The number of carbonyl (C=O) groups excluding carboxylic acids is 1. The highest BCUT2D eigenvalue weighted by Crippen LogP contribution is 2.60. The topological polar surface area (TPSA) is 41.6 Å². The van der Waals surface area contributed by atoms with Crippen LogP contribution in [0.4, 0.5) is 0 Å². The maximum Gasteiger partial charge on any atom is 0.228 e. The van der Waals surface area contributed by atoms with Gasteiger partial charge in [-0.25, -0.2) is 0 Å². The van der Waals surface area contributed by atoms with E-state index in [0.717, 1.165) is 0 Å². The minimum absolute atomic E-state index is 0.0541. The maximum atomic E-state index is 10.7. The van der Waals surface area contributed by atoms with Crippen molar-refractivity contribution in [3.05, 3.63) is 0 Å². The zero-order valence-electron chi connectivity index (χ0n) is 5.05. The number of carbonyl (C=O) groups is 1. The van der Waals surface area contributed by atoms with Gasteiger partial charge in [0.15, 0.2) is 0 Å². The lowest BCUT2D eigenvalue weighted by Gasteiger charge is -2.45. The summed E-state index contributed by atoms with van der Waals surface area (Å²) >= 11 is 0. The molecule has 1 N–H and O–H groups in total. The third-order valence-electron chi connectivity index (χ3n) is 2.79. The molecule has 0 bridgehead atoms. The first kappa shape index (κ1) is 4.28. The van der Waals surface area contributed by atoms with Crippen molar-refractivity contribution in [3.8, 4) is 0 Å². The van der Waals surface area contributed by atoms with Gasteiger partial charge < -0.3 is 10.1 Å². The summed E-state index contributed by atoms with van der Waals surface area (Å²) in [5.41, 5.74) is 0.0541. The Morgan fingerprint density at radius 1 is 1.78 bits per heavy atom. The first-order valence-electron chi connectivity index (χ1n) is 3.22. The maximum absolute atomic E-state index is 10.7. The molecule has 2 heterocycles. The lowest BCUT2D eigenvalue weighted by atomic mass is 9.65. The van der Waals surface area contributed by atoms with Crippen LogP contribution in [0.15, 0.2) is 0 Å². The second-order valence-corrected chi connectivity index (χ2v) is 3.23. The van der Waals surface area contributed by atoms with Crippen LogP contribution in [0, 0.1) is 5.92 Å². The predicted octanol–water partition coefficient (Wildman–Crippen LogP) is -0.728. The fraction of sp³-hybridized carbons (Fsp3) is 0.833. The number of piperidine rings is 1. The summed E-state index contributed by atoms with van der Waals surface area (Å²) in [4.78, 5) is 10.7. The van der Waals surface area contributed by atoms with E-state index in [1.165, 1.54) is 0 Å². The van der Waals surface area contributed by atoms with E-state index in [4.69, 9.17) is 4.74 Å². The average molecular weight is 125 g/mol. The second kappa shape index (κ2) is 0.814. The summed E-state index contributed by atoms with van der Waals surface area (Å²) in [6.07, 6.45) is 0.274. The Kier molecular flexibility index (Phi) is 0.387. The van der Waals surface area contributed by atoms with Crippen LogP contribution in [0.5, 0.6) is 0 Å². The summed E-state index contributed by atoms with van der Waals surface area (Å²) in [6.45, 7) is 2.05. The molecule has 48 valence electrons. The normalized spacial score (nSPS) is 66.3. The highest BCUT2D eigenvalue weighted by atomic mass is 16.6. The summed E-state index contributed by atoms with van der Waals surface area (Å²) < 4.78 is 5.29. The molecule has 0 spiro atoms. The molecule has 1 aliphatic carbocycles. The molecule has 0 radical (unpaired) electrons. The fourth-order valence-electron chi connectivity index (χ4n) is 2.01. The molecule has 0 aromatic rings. The molecule has 9 heavy (non-hydrogen) atoms. The van der Waals surface area contributed by atoms with Crippen molar-refractivity contribution in [1.82, 2.24) is 5.32 Å². The molecular formula is C6H7NO2. The molecule has 0 unspecified atom stereocenters. The van der Waals surface area contributed by atoms with Crippen LogP contribution in [-0.4, -0.2) is 23.7 Å². The minimum atomic E-state index is 0.0541. The van der Waals surface area contributed by atoms with Crippen LogP contribution in [0.3, 0.4) is 0 Å². The Balaban J connectivity index is 1.97. The van der Waals surface area contributed by atoms with Gasteiger partial charge in [-0.15, -0.1) is 0 Å². The van der Waals surface area contributed by atoms with Gasteiger partial charge in [-0.05, 0) is 6.92 Å². The molecule has 3 aliphatic rings. The summed E-state index contributed by atoms with van der Waals surface area (Å²) in [7, 11) is 0. The molecule has 0 aromatic carbocycles. The number of amides is 1. The van der Waals surface area contributed by atoms with Crippen LogP contribution < -0.4 is 5.32 Å². The van der Waals surface area contributed by atoms with E-state index in [1.807, 2.05) is 0 Å². The van der Waals surface area contributed by atoms with E-state index in [-0.39, 0.29) is 23.5 Å². The third kappa shape index (κ3) is 0.237. The first-order chi connectivity index (χ1) is 4.23. The van der Waals surface area contributed by atoms with Crippen molar-refractivity contribution >= 4 is 5.91 Å². The van der Waals surface area contributed by atoms with E-state index >= 15 is 0 Å². The zero-order valence-corrected chi connectivity index (χ0v) is 5.05. The number of β-lactam (4-membered cyclic amide) rings is 1. The van der Waals surface area contributed by atoms with Gasteiger partial charge in [-0.3, -0.25) is 4.79 Å². The van der Waals surface area contributed by atoms with Gasteiger partial charge in [0.05, 0.1) is 12.0 Å². The number of hydrogen-bond donors (Lipinski definition) is 1. The highest BCUT2D eigenvalue weighted by Gasteiger charge is 2.80. The Hall–Kier alpha value is -0.570. The smallest absolute Gasteiger partial charge is 0.228 e. The van der Waals surface area contributed by atoms with Crippen molar-refractivity contribution in [1.29, 1.82) is 0 Å². The van der Waals surface area contributed by atoms with E-state index in [1.54, 1.807) is 0 Å². The Morgan fingerprint density at radius 2 is 2.56 bits per heavy atom. The number of rotatable bonds is 0. The highest BCUT2D eigenvalue weighted by molar-refractivity contribution is 5.91. The average Bonchev–Trinajstić information content (AvgIpc) is 2.31. The van der Waals surface area contributed by atoms with Crippen LogP contribution >= 0.6 is 0 Å². The Bertz CT molecular complexity index is 215. The molecule has 3 nitrogen and oxygen atoms in total. The molecule has 3 rings (SSSR count). The molecule has 2 aliphatic heterocycles. The van der Waals surface area contributed by atoms with Crippen molar-refractivity contribution < 1.29 is 9.53 Å². The third-order valence-corrected chi connectivity index (χ3v) is 2.79. The number of epoxide rings is 1. The zero-order chi connectivity index (χ0) is 6.22. The summed E-state index contributed by atoms with van der Waals surface area (Å²) in [6, 6.07) is 0.356. The lowest BCUT2D eigenvalue weighted by Crippen LogP contribution is -2.73. The van der Waals surface area contributed by atoms with Crippen molar-refractivity contribution in [2.45, 2.75) is 24.7 Å². The molecule has 2 saturated heterocycles. The van der Waals surface area contributed by atoms with E-state index < -0.39 is 0 Å². The quantitative estimate of drug-likeness (QED) is 0.342. The minimum Gasteiger partial charge on any atom is -0.363 e. The van der Waals surface area contributed by atoms with E-state index in [9.17, 15) is 4.79 Å². The standard InChI is InChI=1S/C6H7NO2/c1-6-3-2(4(6)9-6)5(8)7-3/h2-4H,1H3,(H,7,8)/t2-,3+,4+,6-/m1/s1. The lowest BCUT2D eigenvalue weighted by molar-refractivity contribution is -0.140. The monoisotopic (exact) mass is 125 g/mol. The molecule has 0 aromatic heterocycles. The molecule has 1 saturated carbocycles. The van der Waals surface area contributed by atoms with E-state index in [2.05, 4.69) is 12.2 Å². The molecule has 4 atom stereocenters. The Labute approximate surface area is 52.4 Å². The van der Waals surface area contributed by atoms with Crippen molar-refractivity contribution in [2.75, 3.05) is 0 Å². The number of fused-ring (bicyclic) bond motifs is 4. The van der Waals surface area contributed by atoms with Gasteiger partial charge in [0.1, 0.15) is 11.7 Å². The first-order valence-corrected chi connectivity index (χ1v) is 3.22. The van der Waals surface area contributed by atoms with E-state index in [0.29, 0.717) is 6.04 Å². The fourth-order valence-corrected chi connectivity index (χ4v) is 2.01. The molecule has 3 heteroatoms. The van der Waals surface area contributed by atoms with Gasteiger partial charge in [0.2, 0.25) is 5.91 Å². The number of nitrogens with one attached hydrogen (secondary N) is 1. The van der Waals surface area contributed by atoms with Gasteiger partial charge in [-0.2, -0.15) is 0 Å². The summed E-state index contributed by atoms with van der Waals surface area (Å²) in [5, 5.41) is 2.81.